The fourth-order valence-electron chi connectivity index (χ4n) is 0. The zero-order valence-electron chi connectivity index (χ0n) is 2.39. The van der Waals surface area contributed by atoms with Crippen molar-refractivity contribution in [1.82, 2.24) is 0 Å². The van der Waals surface area contributed by atoms with E-state index in [1.54, 1.807) is 6.26 Å². The molecule has 0 bridgehead atoms. The molecule has 0 amide bonds. The molecule has 0 unspecified atom stereocenters. The van der Waals surface area contributed by atoms with Gasteiger partial charge in [0.2, 0.25) is 0 Å². The fourth-order valence-corrected chi connectivity index (χ4v) is 0. The molecule has 0 aliphatic carbocycles. The van der Waals surface area contributed by atoms with E-state index >= 15 is 0 Å². The summed E-state index contributed by atoms with van der Waals surface area (Å²) in [5.41, 5.74) is 0. The molecule has 0 atom stereocenters. The Hall–Kier alpha value is 0.505. The van der Waals surface area contributed by atoms with Gasteiger partial charge in [0.15, 0.2) is 0 Å². The van der Waals surface area contributed by atoms with Crippen molar-refractivity contribution in [3.05, 3.63) is 0 Å². The first kappa shape index (κ1) is 4.50. The molecular weight excluding hydrogens is 87.0 g/mol. The Morgan fingerprint density at radius 2 is 2.00 bits per heavy atom. The third-order valence-corrected chi connectivity index (χ3v) is 0. The van der Waals surface area contributed by atoms with E-state index in [9.17, 15) is 0 Å². The van der Waals surface area contributed by atoms with Crippen LogP contribution in [0.25, 0.3) is 0 Å². The van der Waals surface area contributed by atoms with Crippen molar-refractivity contribution in [2.45, 2.75) is 0 Å². The van der Waals surface area contributed by atoms with E-state index in [1.807, 2.05) is 0 Å². The molecule has 0 aromatic rings. The topological polar surface area (TPSA) is 0 Å². The van der Waals surface area contributed by atoms with E-state index in [-0.39, 0.29) is 8.69 Å². The molecule has 0 N–H and O–H groups in total. The molecule has 0 radical (unpaired) electrons. The summed E-state index contributed by atoms with van der Waals surface area (Å²) in [4.78, 5) is 0. The number of hydrogen-bond donors (Lipinski definition) is 0. The van der Waals surface area contributed by atoms with E-state index in [2.05, 4.69) is 11.2 Å². The molecule has 0 aliphatic rings. The third kappa shape index (κ3) is 22.3. The summed E-state index contributed by atoms with van der Waals surface area (Å²) in [6.07, 6.45) is 1.79. The van der Waals surface area contributed by atoms with Crippen molar-refractivity contribution in [2.75, 3.05) is 6.26 Å². The van der Waals surface area contributed by atoms with Crippen molar-refractivity contribution in [3.8, 4) is 0 Å². The van der Waals surface area contributed by atoms with Crippen LogP contribution in [0.4, 0.5) is 0 Å². The summed E-state index contributed by atoms with van der Waals surface area (Å²) in [5, 5.41) is 0. The van der Waals surface area contributed by atoms with Crippen LogP contribution in [0.3, 0.4) is 0 Å². The maximum atomic E-state index is 4.95. The van der Waals surface area contributed by atoms with E-state index in [4.69, 9.17) is 6.53 Å². The van der Waals surface area contributed by atoms with Crippen molar-refractivity contribution >= 4 is 26.4 Å². The minimum absolute atomic E-state index is 0.278. The number of rotatable bonds is 0. The molecule has 22 valence electrons. The average Bonchev–Trinajstić information content (AvgIpc) is 0.811. The second-order valence-electron chi connectivity index (χ2n) is 0.499. The normalized spacial score (nSPS) is 6.75. The van der Waals surface area contributed by atoms with Crippen LogP contribution >= 0.6 is 0 Å². The van der Waals surface area contributed by atoms with Gasteiger partial charge in [-0.1, -0.05) is 0 Å². The van der Waals surface area contributed by atoms with Crippen LogP contribution in [0.1, 0.15) is 0 Å². The molecule has 0 heterocycles. The monoisotopic (exact) mass is 90.0 g/mol. The molecular formula is CH3BS2. The van der Waals surface area contributed by atoms with Crippen molar-refractivity contribution in [3.63, 3.8) is 0 Å². The first-order valence-corrected chi connectivity index (χ1v) is 3.43. The second kappa shape index (κ2) is 1.79. The van der Waals surface area contributed by atoms with Crippen LogP contribution in [0.2, 0.25) is 0 Å². The van der Waals surface area contributed by atoms with Crippen molar-refractivity contribution in [1.29, 1.82) is 0 Å². The van der Waals surface area contributed by atoms with Gasteiger partial charge in [-0.25, -0.2) is 0 Å². The first-order valence-electron chi connectivity index (χ1n) is 0.811. The number of hydrogen-bond acceptors (Lipinski definition) is 1. The Morgan fingerprint density at radius 1 is 2.00 bits per heavy atom. The molecule has 3 heteroatoms. The summed E-state index contributed by atoms with van der Waals surface area (Å²) in [7, 11) is -0.278. The molecule has 0 nitrogen and oxygen atoms in total. The maximum absolute atomic E-state index is 4.95. The van der Waals surface area contributed by atoms with Crippen LogP contribution < -0.4 is 0 Å². The second-order valence-corrected chi connectivity index (χ2v) is 3.07. The van der Waals surface area contributed by atoms with Gasteiger partial charge in [0.25, 0.3) is 0 Å². The van der Waals surface area contributed by atoms with Crippen molar-refractivity contribution in [2.24, 2.45) is 0 Å². The van der Waals surface area contributed by atoms with Crippen LogP contribution in [0.5, 0.6) is 0 Å². The Labute approximate surface area is 33.3 Å². The van der Waals surface area contributed by atoms with E-state index in [0.29, 0.717) is 0 Å². The molecule has 0 spiro atoms. The predicted molar refractivity (Wildman–Crippen MR) is 26.4 cm³/mol. The van der Waals surface area contributed by atoms with Crippen LogP contribution in [-0.4, -0.2) is 12.8 Å². The Balaban J connectivity index is 3.85. The Bertz CT molecular complexity index is 96.2. The van der Waals surface area contributed by atoms with Gasteiger partial charge in [-0.2, -0.15) is 0 Å². The molecule has 0 fully saturated rings. The van der Waals surface area contributed by atoms with Crippen LogP contribution in [0, 0.1) is 0 Å². The van der Waals surface area contributed by atoms with Crippen LogP contribution in [0.15, 0.2) is 0 Å². The van der Waals surface area contributed by atoms with Gasteiger partial charge in [0, 0.05) is 0 Å². The summed E-state index contributed by atoms with van der Waals surface area (Å²) < 4.78 is 0. The van der Waals surface area contributed by atoms with Gasteiger partial charge in [0.1, 0.15) is 0 Å². The SMILES string of the molecule is B#S(C)=S. The molecule has 0 rings (SSSR count). The van der Waals surface area contributed by atoms with E-state index in [0.717, 1.165) is 0 Å². The molecule has 0 aromatic heterocycles. The predicted octanol–water partition coefficient (Wildman–Crippen LogP) is -0.220. The molecule has 0 saturated heterocycles. The average molecular weight is 90.0 g/mol. The van der Waals surface area contributed by atoms with Gasteiger partial charge in [-0.05, 0) is 0 Å². The van der Waals surface area contributed by atoms with Gasteiger partial charge < -0.3 is 0 Å². The van der Waals surface area contributed by atoms with E-state index < -0.39 is 0 Å². The summed E-state index contributed by atoms with van der Waals surface area (Å²) in [6.45, 7) is 4.95. The third-order valence-electron chi connectivity index (χ3n) is 0. The first-order chi connectivity index (χ1) is 1.73. The van der Waals surface area contributed by atoms with Gasteiger partial charge in [-0.15, -0.1) is 0 Å². The van der Waals surface area contributed by atoms with Gasteiger partial charge in [-0.3, -0.25) is 0 Å². The van der Waals surface area contributed by atoms with E-state index in [1.165, 1.54) is 0 Å². The molecule has 0 saturated carbocycles. The van der Waals surface area contributed by atoms with Gasteiger partial charge in [0.05, 0.1) is 0 Å². The molecule has 0 aromatic carbocycles. The zero-order chi connectivity index (χ0) is 3.58. The summed E-state index contributed by atoms with van der Waals surface area (Å²) in [5.74, 6) is 0. The summed E-state index contributed by atoms with van der Waals surface area (Å²) in [6, 6.07) is 0. The standard InChI is InChI=1S/CH3BS2/c1-4(2)3/h1H3. The molecule has 4 heavy (non-hydrogen) atoms. The van der Waals surface area contributed by atoms with Gasteiger partial charge >= 0.3 is 32.7 Å². The molecule has 0 aliphatic heterocycles. The Kier molecular flexibility index (Phi) is 2.02. The fraction of sp³-hybridized carbons (Fsp3) is 1.00. The van der Waals surface area contributed by atoms with Crippen LogP contribution in [-0.2, 0) is 19.9 Å². The Morgan fingerprint density at radius 3 is 2.00 bits per heavy atom. The minimum atomic E-state index is -0.278. The van der Waals surface area contributed by atoms with Crippen molar-refractivity contribution < 1.29 is 0 Å². The quantitative estimate of drug-likeness (QED) is 0.370. The summed E-state index contributed by atoms with van der Waals surface area (Å²) >= 11 is 4.43. The zero-order valence-corrected chi connectivity index (χ0v) is 4.03.